The van der Waals surface area contributed by atoms with Crippen molar-refractivity contribution < 1.29 is 23.9 Å². The van der Waals surface area contributed by atoms with E-state index < -0.39 is 18.0 Å². The standard InChI is InChI=1S/C10H19NO4S/c1-11(2,3)7-8(6-9(12)13)15-10(14)4-5-16/h8H,4-7H2,1-3H3,(H-,12,13,16). The lowest BCUT2D eigenvalue weighted by molar-refractivity contribution is -0.873. The van der Waals surface area contributed by atoms with Gasteiger partial charge in [-0.05, 0) is 0 Å². The van der Waals surface area contributed by atoms with Crippen molar-refractivity contribution in [3.63, 3.8) is 0 Å². The average molecular weight is 249 g/mol. The predicted octanol–water partition coefficient (Wildman–Crippen LogP) is -0.936. The second-order valence-electron chi connectivity index (χ2n) is 4.63. The molecule has 0 radical (unpaired) electrons. The van der Waals surface area contributed by atoms with E-state index in [0.29, 0.717) is 16.8 Å². The number of thiol groups is 1. The Morgan fingerprint density at radius 1 is 1.38 bits per heavy atom. The van der Waals surface area contributed by atoms with Crippen LogP contribution in [0, 0.1) is 0 Å². The molecule has 0 saturated carbocycles. The summed E-state index contributed by atoms with van der Waals surface area (Å²) in [6.45, 7) is 0.437. The number of nitrogens with zero attached hydrogens (tertiary/aromatic N) is 1. The van der Waals surface area contributed by atoms with Gasteiger partial charge in [0, 0.05) is 18.1 Å². The number of aliphatic carboxylic acids is 1. The number of likely N-dealkylation sites (N-methyl/N-ethyl adjacent to an activating group) is 1. The molecule has 6 heteroatoms. The predicted molar refractivity (Wildman–Crippen MR) is 60.9 cm³/mol. The number of carboxylic acid groups (broad SMARTS) is 1. The van der Waals surface area contributed by atoms with E-state index in [0.717, 1.165) is 0 Å². The number of carbonyl (C=O) groups excluding carboxylic acids is 2. The Bertz CT molecular complexity index is 250. The molecule has 0 aromatic heterocycles. The molecule has 0 aromatic carbocycles. The number of carbonyl (C=O) groups is 2. The number of esters is 1. The molecule has 0 amide bonds. The van der Waals surface area contributed by atoms with Gasteiger partial charge in [-0.1, -0.05) is 0 Å². The lowest BCUT2D eigenvalue weighted by Crippen LogP contribution is -2.45. The van der Waals surface area contributed by atoms with Gasteiger partial charge < -0.3 is 19.1 Å². The molecule has 0 N–H and O–H groups in total. The fourth-order valence-electron chi connectivity index (χ4n) is 1.28. The molecule has 0 spiro atoms. The van der Waals surface area contributed by atoms with Gasteiger partial charge >= 0.3 is 5.97 Å². The molecule has 0 bridgehead atoms. The highest BCUT2D eigenvalue weighted by molar-refractivity contribution is 7.80. The first-order valence-electron chi connectivity index (χ1n) is 5.05. The van der Waals surface area contributed by atoms with Crippen LogP contribution >= 0.6 is 12.6 Å². The summed E-state index contributed by atoms with van der Waals surface area (Å²) in [5.74, 6) is -1.24. The average Bonchev–Trinajstić information content (AvgIpc) is 1.98. The Morgan fingerprint density at radius 3 is 2.31 bits per heavy atom. The van der Waals surface area contributed by atoms with Crippen molar-refractivity contribution >= 4 is 24.6 Å². The van der Waals surface area contributed by atoms with Crippen LogP contribution < -0.4 is 5.11 Å². The molecule has 1 atom stereocenters. The van der Waals surface area contributed by atoms with Gasteiger partial charge in [0.15, 0.2) is 6.10 Å². The second kappa shape index (κ2) is 6.75. The summed E-state index contributed by atoms with van der Waals surface area (Å²) in [5, 5.41) is 10.5. The Hall–Kier alpha value is -0.750. The van der Waals surface area contributed by atoms with Crippen LogP contribution in [-0.4, -0.2) is 56.0 Å². The summed E-state index contributed by atoms with van der Waals surface area (Å²) >= 11 is 3.91. The molecule has 0 heterocycles. The van der Waals surface area contributed by atoms with E-state index in [1.807, 2.05) is 21.1 Å². The minimum absolute atomic E-state index is 0.184. The molecule has 0 aliphatic heterocycles. The molecular formula is C10H19NO4S. The third-order valence-corrected chi connectivity index (χ3v) is 1.98. The summed E-state index contributed by atoms with van der Waals surface area (Å²) in [5.41, 5.74) is 0. The molecule has 5 nitrogen and oxygen atoms in total. The maximum absolute atomic E-state index is 11.2. The van der Waals surface area contributed by atoms with Crippen LogP contribution in [0.1, 0.15) is 12.8 Å². The monoisotopic (exact) mass is 249 g/mol. The van der Waals surface area contributed by atoms with Crippen LogP contribution in [-0.2, 0) is 14.3 Å². The molecule has 0 saturated heterocycles. The van der Waals surface area contributed by atoms with Crippen LogP contribution in [0.2, 0.25) is 0 Å². The summed E-state index contributed by atoms with van der Waals surface area (Å²) < 4.78 is 5.57. The topological polar surface area (TPSA) is 66.4 Å². The highest BCUT2D eigenvalue weighted by atomic mass is 32.1. The first-order valence-corrected chi connectivity index (χ1v) is 5.68. The second-order valence-corrected chi connectivity index (χ2v) is 5.08. The van der Waals surface area contributed by atoms with E-state index in [1.165, 1.54) is 0 Å². The van der Waals surface area contributed by atoms with Crippen LogP contribution in [0.15, 0.2) is 0 Å². The largest absolute Gasteiger partial charge is 0.550 e. The molecule has 16 heavy (non-hydrogen) atoms. The van der Waals surface area contributed by atoms with Crippen LogP contribution in [0.4, 0.5) is 0 Å². The SMILES string of the molecule is C[N+](C)(C)CC(CC(=O)[O-])OC(=O)CCS. The highest BCUT2D eigenvalue weighted by Crippen LogP contribution is 2.06. The fraction of sp³-hybridized carbons (Fsp3) is 0.800. The van der Waals surface area contributed by atoms with Gasteiger partial charge in [0.05, 0.1) is 27.6 Å². The van der Waals surface area contributed by atoms with Gasteiger partial charge in [0.1, 0.15) is 6.54 Å². The summed E-state index contributed by atoms with van der Waals surface area (Å²) in [7, 11) is 5.69. The molecule has 0 fully saturated rings. The van der Waals surface area contributed by atoms with Gasteiger partial charge in [-0.15, -0.1) is 0 Å². The number of carboxylic acids is 1. The zero-order chi connectivity index (χ0) is 12.8. The lowest BCUT2D eigenvalue weighted by Gasteiger charge is -2.29. The number of hydrogen-bond acceptors (Lipinski definition) is 5. The lowest BCUT2D eigenvalue weighted by atomic mass is 10.2. The Kier molecular flexibility index (Phi) is 6.43. The Morgan fingerprint density at radius 2 is 1.94 bits per heavy atom. The van der Waals surface area contributed by atoms with Crippen LogP contribution in [0.25, 0.3) is 0 Å². The third kappa shape index (κ3) is 8.55. The summed E-state index contributed by atoms with van der Waals surface area (Å²) in [6.07, 6.45) is -0.727. The number of ether oxygens (including phenoxy) is 1. The van der Waals surface area contributed by atoms with Crippen molar-refractivity contribution in [2.75, 3.05) is 33.4 Å². The van der Waals surface area contributed by atoms with Crippen molar-refractivity contribution in [3.8, 4) is 0 Å². The molecular weight excluding hydrogens is 230 g/mol. The first kappa shape index (κ1) is 15.2. The molecule has 0 aliphatic rings. The number of hydrogen-bond donors (Lipinski definition) is 1. The maximum Gasteiger partial charge on any atom is 0.307 e. The maximum atomic E-state index is 11.2. The van der Waals surface area contributed by atoms with E-state index in [1.54, 1.807) is 0 Å². The molecule has 0 rings (SSSR count). The summed E-state index contributed by atoms with van der Waals surface area (Å²) in [6, 6.07) is 0. The minimum atomic E-state index is -1.21. The quantitative estimate of drug-likeness (QED) is 0.359. The Labute approximate surface area is 101 Å². The minimum Gasteiger partial charge on any atom is -0.550 e. The number of quaternary nitrogens is 1. The summed E-state index contributed by atoms with van der Waals surface area (Å²) in [4.78, 5) is 21.7. The highest BCUT2D eigenvalue weighted by Gasteiger charge is 2.21. The van der Waals surface area contributed by atoms with Crippen molar-refractivity contribution in [1.82, 2.24) is 0 Å². The zero-order valence-corrected chi connectivity index (χ0v) is 10.8. The van der Waals surface area contributed by atoms with E-state index in [4.69, 9.17) is 4.74 Å². The first-order chi connectivity index (χ1) is 7.24. The van der Waals surface area contributed by atoms with Crippen molar-refractivity contribution in [1.29, 1.82) is 0 Å². The van der Waals surface area contributed by atoms with E-state index in [-0.39, 0.29) is 12.8 Å². The zero-order valence-electron chi connectivity index (χ0n) is 9.93. The van der Waals surface area contributed by atoms with Gasteiger partial charge in [0.25, 0.3) is 0 Å². The van der Waals surface area contributed by atoms with Gasteiger partial charge in [0.2, 0.25) is 0 Å². The van der Waals surface area contributed by atoms with Crippen molar-refractivity contribution in [3.05, 3.63) is 0 Å². The van der Waals surface area contributed by atoms with Gasteiger partial charge in [-0.2, -0.15) is 12.6 Å². The molecule has 94 valence electrons. The van der Waals surface area contributed by atoms with Crippen molar-refractivity contribution in [2.45, 2.75) is 18.9 Å². The third-order valence-electron chi connectivity index (χ3n) is 1.76. The van der Waals surface area contributed by atoms with E-state index in [2.05, 4.69) is 12.6 Å². The smallest absolute Gasteiger partial charge is 0.307 e. The van der Waals surface area contributed by atoms with Gasteiger partial charge in [-0.3, -0.25) is 4.79 Å². The number of rotatable bonds is 7. The van der Waals surface area contributed by atoms with Gasteiger partial charge in [-0.25, -0.2) is 0 Å². The normalized spacial score (nSPS) is 13.2. The molecule has 1 unspecified atom stereocenters. The van der Waals surface area contributed by atoms with E-state index in [9.17, 15) is 14.7 Å². The molecule has 0 aliphatic carbocycles. The van der Waals surface area contributed by atoms with Crippen LogP contribution in [0.5, 0.6) is 0 Å². The molecule has 0 aromatic rings. The Balaban J connectivity index is 4.31. The van der Waals surface area contributed by atoms with Crippen LogP contribution in [0.3, 0.4) is 0 Å². The fourth-order valence-corrected chi connectivity index (χ4v) is 1.46. The van der Waals surface area contributed by atoms with E-state index >= 15 is 0 Å². The van der Waals surface area contributed by atoms with Crippen molar-refractivity contribution in [2.24, 2.45) is 0 Å².